The Labute approximate surface area is 338 Å². The average Bonchev–Trinajstić information content (AvgIpc) is 3.18. The zero-order valence-corrected chi connectivity index (χ0v) is 35.7. The Balaban J connectivity index is 4.40. The minimum atomic E-state index is -0.802. The minimum absolute atomic E-state index is 0.102. The van der Waals surface area contributed by atoms with E-state index in [1.807, 2.05) is 0 Å². The number of carbonyl (C=O) groups excluding carboxylic acids is 3. The third-order valence-corrected chi connectivity index (χ3v) is 9.19. The van der Waals surface area contributed by atoms with Crippen LogP contribution in [0.25, 0.3) is 0 Å². The molecule has 6 nitrogen and oxygen atoms in total. The molecule has 0 radical (unpaired) electrons. The van der Waals surface area contributed by atoms with E-state index in [2.05, 4.69) is 93.7 Å². The van der Waals surface area contributed by atoms with Crippen molar-refractivity contribution in [3.63, 3.8) is 0 Å². The monoisotopic (exact) mass is 767 g/mol. The lowest BCUT2D eigenvalue weighted by Gasteiger charge is -2.18. The first-order valence-corrected chi connectivity index (χ1v) is 22.5. The molecule has 1 unspecified atom stereocenters. The smallest absolute Gasteiger partial charge is 0.306 e. The molecule has 0 saturated heterocycles. The largest absolute Gasteiger partial charge is 0.462 e. The number of unbranched alkanes of at least 4 members (excludes halogenated alkanes) is 17. The second-order valence-electron chi connectivity index (χ2n) is 14.6. The molecule has 0 aliphatic heterocycles. The SMILES string of the molecule is CC/C=C\C/C=C\CCCCC(=O)OCC(COC(=O)CCCCCCCCC/C=C\C/C=C\CCCCC)OC(=O)CCCCC/C=C\C=C/CCCC. The van der Waals surface area contributed by atoms with Crippen molar-refractivity contribution in [2.24, 2.45) is 0 Å². The van der Waals surface area contributed by atoms with Gasteiger partial charge in [0.05, 0.1) is 0 Å². The molecule has 0 heterocycles. The van der Waals surface area contributed by atoms with E-state index in [9.17, 15) is 14.4 Å². The van der Waals surface area contributed by atoms with Crippen molar-refractivity contribution in [3.05, 3.63) is 72.9 Å². The molecule has 55 heavy (non-hydrogen) atoms. The maximum absolute atomic E-state index is 12.7. The molecular weight excluding hydrogens is 685 g/mol. The van der Waals surface area contributed by atoms with Gasteiger partial charge in [0.15, 0.2) is 6.10 Å². The molecule has 6 heteroatoms. The van der Waals surface area contributed by atoms with E-state index in [1.165, 1.54) is 64.2 Å². The molecule has 0 saturated carbocycles. The third-order valence-electron chi connectivity index (χ3n) is 9.19. The van der Waals surface area contributed by atoms with Crippen LogP contribution in [0.2, 0.25) is 0 Å². The van der Waals surface area contributed by atoms with Crippen molar-refractivity contribution < 1.29 is 28.6 Å². The van der Waals surface area contributed by atoms with Gasteiger partial charge in [-0.1, -0.05) is 158 Å². The van der Waals surface area contributed by atoms with Gasteiger partial charge in [-0.15, -0.1) is 0 Å². The molecule has 0 aromatic carbocycles. The van der Waals surface area contributed by atoms with E-state index >= 15 is 0 Å². The number of carbonyl (C=O) groups is 3. The van der Waals surface area contributed by atoms with Crippen LogP contribution in [0.3, 0.4) is 0 Å². The van der Waals surface area contributed by atoms with Gasteiger partial charge in [-0.05, 0) is 96.3 Å². The van der Waals surface area contributed by atoms with Crippen LogP contribution in [-0.2, 0) is 28.6 Å². The van der Waals surface area contributed by atoms with Crippen LogP contribution in [0.1, 0.15) is 201 Å². The number of hydrogen-bond acceptors (Lipinski definition) is 6. The van der Waals surface area contributed by atoms with Crippen LogP contribution in [0.4, 0.5) is 0 Å². The van der Waals surface area contributed by atoms with Crippen molar-refractivity contribution in [1.29, 1.82) is 0 Å². The van der Waals surface area contributed by atoms with E-state index in [4.69, 9.17) is 14.2 Å². The highest BCUT2D eigenvalue weighted by atomic mass is 16.6. The lowest BCUT2D eigenvalue weighted by atomic mass is 10.1. The fraction of sp³-hybridized carbons (Fsp3) is 0.694. The summed E-state index contributed by atoms with van der Waals surface area (Å²) in [5.41, 5.74) is 0. The quantitative estimate of drug-likeness (QED) is 0.0204. The molecule has 0 aliphatic rings. The van der Waals surface area contributed by atoms with Gasteiger partial charge in [0.2, 0.25) is 0 Å². The summed E-state index contributed by atoms with van der Waals surface area (Å²) in [6.45, 7) is 6.35. The van der Waals surface area contributed by atoms with Crippen molar-refractivity contribution in [2.75, 3.05) is 13.2 Å². The lowest BCUT2D eigenvalue weighted by molar-refractivity contribution is -0.167. The Kier molecular flexibility index (Phi) is 41.1. The fourth-order valence-corrected chi connectivity index (χ4v) is 5.78. The van der Waals surface area contributed by atoms with Gasteiger partial charge in [-0.3, -0.25) is 14.4 Å². The Bertz CT molecular complexity index is 1070. The highest BCUT2D eigenvalue weighted by Crippen LogP contribution is 2.12. The van der Waals surface area contributed by atoms with Crippen LogP contribution in [0.15, 0.2) is 72.9 Å². The molecule has 0 aliphatic carbocycles. The summed E-state index contributed by atoms with van der Waals surface area (Å²) in [4.78, 5) is 37.6. The topological polar surface area (TPSA) is 78.9 Å². The van der Waals surface area contributed by atoms with Gasteiger partial charge in [0, 0.05) is 19.3 Å². The standard InChI is InChI=1S/C49H82O6/c1-4-7-10-13-16-19-21-22-23-24-25-26-28-30-33-36-39-42-48(51)54-45-46(44-53-47(50)41-38-35-32-29-18-15-12-9-6-3)55-49(52)43-40-37-34-31-27-20-17-14-11-8-5-2/h9,12,14,16-20,22-23,27,29,46H,4-8,10-11,13,15,21,24-26,28,30-45H2,1-3H3/b12-9-,17-14-,19-16-,23-22-,27-20-,29-18-. The van der Waals surface area contributed by atoms with Crippen LogP contribution in [-0.4, -0.2) is 37.2 Å². The van der Waals surface area contributed by atoms with Crippen molar-refractivity contribution in [1.82, 2.24) is 0 Å². The Morgan fingerprint density at radius 1 is 0.400 bits per heavy atom. The van der Waals surface area contributed by atoms with Gasteiger partial charge < -0.3 is 14.2 Å². The molecule has 0 fully saturated rings. The van der Waals surface area contributed by atoms with Gasteiger partial charge in [0.1, 0.15) is 13.2 Å². The summed E-state index contributed by atoms with van der Waals surface area (Å²) in [6.07, 6.45) is 53.3. The second-order valence-corrected chi connectivity index (χ2v) is 14.6. The lowest BCUT2D eigenvalue weighted by Crippen LogP contribution is -2.30. The molecule has 0 aromatic rings. The Morgan fingerprint density at radius 3 is 1.31 bits per heavy atom. The normalized spacial score (nSPS) is 12.7. The van der Waals surface area contributed by atoms with E-state index in [0.717, 1.165) is 96.3 Å². The molecule has 1 atom stereocenters. The van der Waals surface area contributed by atoms with Crippen LogP contribution in [0.5, 0.6) is 0 Å². The van der Waals surface area contributed by atoms with Crippen LogP contribution in [0, 0.1) is 0 Å². The van der Waals surface area contributed by atoms with Gasteiger partial charge in [-0.25, -0.2) is 0 Å². The number of rotatable bonds is 39. The summed E-state index contributed by atoms with van der Waals surface area (Å²) in [5, 5.41) is 0. The summed E-state index contributed by atoms with van der Waals surface area (Å²) in [6, 6.07) is 0. The predicted molar refractivity (Wildman–Crippen MR) is 233 cm³/mol. The maximum atomic E-state index is 12.7. The molecule has 314 valence electrons. The minimum Gasteiger partial charge on any atom is -0.462 e. The molecule has 0 N–H and O–H groups in total. The van der Waals surface area contributed by atoms with E-state index < -0.39 is 6.10 Å². The number of hydrogen-bond donors (Lipinski definition) is 0. The van der Waals surface area contributed by atoms with Crippen molar-refractivity contribution >= 4 is 17.9 Å². The summed E-state index contributed by atoms with van der Waals surface area (Å²) in [7, 11) is 0. The molecule has 0 rings (SSSR count). The van der Waals surface area contributed by atoms with Crippen LogP contribution < -0.4 is 0 Å². The fourth-order valence-electron chi connectivity index (χ4n) is 5.78. The summed E-state index contributed by atoms with van der Waals surface area (Å²) >= 11 is 0. The number of ether oxygens (including phenoxy) is 3. The maximum Gasteiger partial charge on any atom is 0.306 e. The molecule has 0 spiro atoms. The number of esters is 3. The van der Waals surface area contributed by atoms with E-state index in [1.54, 1.807) is 0 Å². The van der Waals surface area contributed by atoms with Crippen molar-refractivity contribution in [3.8, 4) is 0 Å². The van der Waals surface area contributed by atoms with E-state index in [-0.39, 0.29) is 37.5 Å². The first kappa shape index (κ1) is 51.9. The Hall–Kier alpha value is -3.15. The summed E-state index contributed by atoms with van der Waals surface area (Å²) in [5.74, 6) is -0.984. The molecule has 0 bridgehead atoms. The first-order valence-electron chi connectivity index (χ1n) is 22.5. The van der Waals surface area contributed by atoms with Crippen LogP contribution >= 0.6 is 0 Å². The summed E-state index contributed by atoms with van der Waals surface area (Å²) < 4.78 is 16.6. The highest BCUT2D eigenvalue weighted by Gasteiger charge is 2.19. The van der Waals surface area contributed by atoms with E-state index in [0.29, 0.717) is 12.8 Å². The molecule has 0 aromatic heterocycles. The molecule has 0 amide bonds. The highest BCUT2D eigenvalue weighted by molar-refractivity contribution is 5.71. The van der Waals surface area contributed by atoms with Crippen molar-refractivity contribution in [2.45, 2.75) is 207 Å². The van der Waals surface area contributed by atoms with Gasteiger partial charge in [-0.2, -0.15) is 0 Å². The first-order chi connectivity index (χ1) is 27.0. The zero-order chi connectivity index (χ0) is 40.1. The van der Waals surface area contributed by atoms with Gasteiger partial charge in [0.25, 0.3) is 0 Å². The molecular formula is C49H82O6. The van der Waals surface area contributed by atoms with Gasteiger partial charge >= 0.3 is 17.9 Å². The number of allylic oxidation sites excluding steroid dienone is 12. The predicted octanol–water partition coefficient (Wildman–Crippen LogP) is 14.3. The zero-order valence-electron chi connectivity index (χ0n) is 35.7. The Morgan fingerprint density at radius 2 is 0.782 bits per heavy atom. The third kappa shape index (κ3) is 41.8. The second kappa shape index (κ2) is 43.6. The average molecular weight is 767 g/mol.